The molecule has 2 saturated heterocycles. The Morgan fingerprint density at radius 2 is 1.83 bits per heavy atom. The van der Waals surface area contributed by atoms with Crippen LogP contribution in [0.4, 0.5) is 0 Å². The van der Waals surface area contributed by atoms with Crippen molar-refractivity contribution in [1.29, 1.82) is 0 Å². The van der Waals surface area contributed by atoms with Gasteiger partial charge in [-0.15, -0.1) is 0 Å². The van der Waals surface area contributed by atoms with E-state index < -0.39 is 17.7 Å². The number of carbonyl (C=O) groups excluding carboxylic acids is 2. The van der Waals surface area contributed by atoms with Crippen LogP contribution in [0.3, 0.4) is 0 Å². The van der Waals surface area contributed by atoms with E-state index in [0.29, 0.717) is 23.7 Å². The predicted octanol–water partition coefficient (Wildman–Crippen LogP) is 4.70. The average molecular weight is 477 g/mol. The maximum Gasteiger partial charge on any atom is 0.295 e. The molecule has 2 aromatic carbocycles. The van der Waals surface area contributed by atoms with Gasteiger partial charge >= 0.3 is 0 Å². The summed E-state index contributed by atoms with van der Waals surface area (Å²) in [5, 5.41) is 11.5. The first-order chi connectivity index (χ1) is 14.0. The van der Waals surface area contributed by atoms with Gasteiger partial charge < -0.3 is 14.7 Å². The van der Waals surface area contributed by atoms with Crippen LogP contribution in [0, 0.1) is 0 Å². The van der Waals surface area contributed by atoms with Crippen molar-refractivity contribution < 1.29 is 19.4 Å². The lowest BCUT2D eigenvalue weighted by Crippen LogP contribution is -2.36. The van der Waals surface area contributed by atoms with E-state index in [1.165, 1.54) is 4.90 Å². The van der Waals surface area contributed by atoms with Crippen LogP contribution in [0.15, 0.2) is 58.6 Å². The van der Waals surface area contributed by atoms with Crippen molar-refractivity contribution in [3.8, 4) is 0 Å². The van der Waals surface area contributed by atoms with Crippen LogP contribution in [0.1, 0.15) is 30.0 Å². The molecule has 1 N–H and O–H groups in total. The Morgan fingerprint density at radius 1 is 1.14 bits per heavy atom. The molecular formula is C22H19BrClNO4. The molecule has 2 aromatic rings. The number of hydrogen-bond donors (Lipinski definition) is 1. The number of ether oxygens (including phenoxy) is 1. The largest absolute Gasteiger partial charge is 0.507 e. The molecule has 150 valence electrons. The number of halogens is 2. The van der Waals surface area contributed by atoms with E-state index in [2.05, 4.69) is 15.9 Å². The number of Topliss-reactive ketones (excluding diaryl/α,β-unsaturated/α-hetero) is 1. The van der Waals surface area contributed by atoms with E-state index in [1.54, 1.807) is 24.3 Å². The van der Waals surface area contributed by atoms with Crippen LogP contribution < -0.4 is 0 Å². The van der Waals surface area contributed by atoms with Crippen LogP contribution >= 0.6 is 27.5 Å². The molecule has 2 fully saturated rings. The lowest BCUT2D eigenvalue weighted by molar-refractivity contribution is -0.140. The normalized spacial score (nSPS) is 23.7. The second kappa shape index (κ2) is 8.30. The number of likely N-dealkylation sites (tertiary alicyclic amines) is 1. The average Bonchev–Trinajstić information content (AvgIpc) is 3.31. The predicted molar refractivity (Wildman–Crippen MR) is 114 cm³/mol. The molecule has 29 heavy (non-hydrogen) atoms. The molecule has 0 saturated carbocycles. The van der Waals surface area contributed by atoms with Crippen LogP contribution in [-0.4, -0.2) is 41.0 Å². The number of carbonyl (C=O) groups is 2. The molecule has 7 heteroatoms. The molecule has 0 bridgehead atoms. The maximum atomic E-state index is 12.9. The Morgan fingerprint density at radius 3 is 2.45 bits per heavy atom. The van der Waals surface area contributed by atoms with E-state index in [4.69, 9.17) is 16.3 Å². The molecule has 2 unspecified atom stereocenters. The van der Waals surface area contributed by atoms with Crippen molar-refractivity contribution in [3.63, 3.8) is 0 Å². The molecule has 0 spiro atoms. The third kappa shape index (κ3) is 3.97. The van der Waals surface area contributed by atoms with Gasteiger partial charge in [0.1, 0.15) is 5.76 Å². The number of ketones is 1. The fraction of sp³-hybridized carbons (Fsp3) is 0.273. The minimum absolute atomic E-state index is 0.0811. The second-order valence-electron chi connectivity index (χ2n) is 7.14. The van der Waals surface area contributed by atoms with Gasteiger partial charge in [-0.3, -0.25) is 9.59 Å². The van der Waals surface area contributed by atoms with Gasteiger partial charge in [-0.2, -0.15) is 0 Å². The summed E-state index contributed by atoms with van der Waals surface area (Å²) in [6.45, 7) is 0.963. The van der Waals surface area contributed by atoms with Gasteiger partial charge in [0.2, 0.25) is 0 Å². The summed E-state index contributed by atoms with van der Waals surface area (Å²) in [5.41, 5.74) is 1.27. The first-order valence-corrected chi connectivity index (χ1v) is 10.5. The van der Waals surface area contributed by atoms with Crippen molar-refractivity contribution in [3.05, 3.63) is 74.7 Å². The Balaban J connectivity index is 1.81. The second-order valence-corrected chi connectivity index (χ2v) is 8.50. The van der Waals surface area contributed by atoms with Gasteiger partial charge in [0.25, 0.3) is 11.7 Å². The molecule has 0 radical (unpaired) electrons. The zero-order valence-electron chi connectivity index (χ0n) is 15.5. The highest BCUT2D eigenvalue weighted by atomic mass is 79.9. The summed E-state index contributed by atoms with van der Waals surface area (Å²) in [4.78, 5) is 27.3. The highest BCUT2D eigenvalue weighted by molar-refractivity contribution is 9.10. The van der Waals surface area contributed by atoms with E-state index in [1.807, 2.05) is 24.3 Å². The number of amides is 1. The monoisotopic (exact) mass is 475 g/mol. The number of aliphatic hydroxyl groups is 1. The highest BCUT2D eigenvalue weighted by Crippen LogP contribution is 2.40. The van der Waals surface area contributed by atoms with Crippen molar-refractivity contribution in [1.82, 2.24) is 4.90 Å². The Hall–Kier alpha value is -2.15. The van der Waals surface area contributed by atoms with Gasteiger partial charge in [-0.1, -0.05) is 39.7 Å². The zero-order valence-corrected chi connectivity index (χ0v) is 17.8. The van der Waals surface area contributed by atoms with Gasteiger partial charge in [0.05, 0.1) is 17.7 Å². The number of benzene rings is 2. The summed E-state index contributed by atoms with van der Waals surface area (Å²) in [7, 11) is 0. The summed E-state index contributed by atoms with van der Waals surface area (Å²) in [5.74, 6) is -1.52. The van der Waals surface area contributed by atoms with Gasteiger partial charge in [-0.25, -0.2) is 0 Å². The first-order valence-electron chi connectivity index (χ1n) is 9.37. The van der Waals surface area contributed by atoms with Crippen LogP contribution in [0.2, 0.25) is 5.02 Å². The minimum Gasteiger partial charge on any atom is -0.507 e. The maximum absolute atomic E-state index is 12.9. The lowest BCUT2D eigenvalue weighted by atomic mass is 9.95. The Labute approximate surface area is 182 Å². The summed E-state index contributed by atoms with van der Waals surface area (Å²) in [6, 6.07) is 13.2. The Bertz CT molecular complexity index is 965. The quantitative estimate of drug-likeness (QED) is 0.394. The van der Waals surface area contributed by atoms with Crippen molar-refractivity contribution >= 4 is 45.0 Å². The zero-order chi connectivity index (χ0) is 20.5. The van der Waals surface area contributed by atoms with Gasteiger partial charge in [0.15, 0.2) is 0 Å². The van der Waals surface area contributed by atoms with Crippen molar-refractivity contribution in [2.24, 2.45) is 0 Å². The van der Waals surface area contributed by atoms with Crippen LogP contribution in [-0.2, 0) is 14.3 Å². The first kappa shape index (κ1) is 20.1. The van der Waals surface area contributed by atoms with Crippen molar-refractivity contribution in [2.75, 3.05) is 13.2 Å². The highest BCUT2D eigenvalue weighted by Gasteiger charge is 2.47. The number of nitrogens with zero attached hydrogens (tertiary/aromatic N) is 1. The van der Waals surface area contributed by atoms with Crippen molar-refractivity contribution in [2.45, 2.75) is 25.0 Å². The van der Waals surface area contributed by atoms with Crippen LogP contribution in [0.5, 0.6) is 0 Å². The van der Waals surface area contributed by atoms with Gasteiger partial charge in [-0.05, 0) is 54.8 Å². The molecule has 1 amide bonds. The molecule has 2 atom stereocenters. The summed E-state index contributed by atoms with van der Waals surface area (Å²) >= 11 is 9.35. The van der Waals surface area contributed by atoms with E-state index in [9.17, 15) is 14.7 Å². The van der Waals surface area contributed by atoms with E-state index >= 15 is 0 Å². The number of aliphatic hydroxyl groups excluding tert-OH is 1. The number of hydrogen-bond acceptors (Lipinski definition) is 4. The molecule has 2 aliphatic heterocycles. The third-order valence-corrected chi connectivity index (χ3v) is 6.05. The van der Waals surface area contributed by atoms with E-state index in [-0.39, 0.29) is 17.4 Å². The van der Waals surface area contributed by atoms with E-state index in [0.717, 1.165) is 22.9 Å². The lowest BCUT2D eigenvalue weighted by Gasteiger charge is -2.27. The molecule has 0 aliphatic carbocycles. The smallest absolute Gasteiger partial charge is 0.295 e. The fourth-order valence-electron chi connectivity index (χ4n) is 3.83. The third-order valence-electron chi connectivity index (χ3n) is 5.27. The summed E-state index contributed by atoms with van der Waals surface area (Å²) in [6.07, 6.45) is 1.66. The molecule has 4 rings (SSSR count). The molecule has 5 nitrogen and oxygen atoms in total. The Kier molecular flexibility index (Phi) is 5.76. The van der Waals surface area contributed by atoms with Crippen LogP contribution in [0.25, 0.3) is 5.76 Å². The van der Waals surface area contributed by atoms with Gasteiger partial charge in [0, 0.05) is 28.2 Å². The minimum atomic E-state index is -0.691. The topological polar surface area (TPSA) is 66.8 Å². The molecule has 0 aromatic heterocycles. The molecule has 2 heterocycles. The number of rotatable bonds is 4. The standard InChI is InChI=1S/C22H19BrClNO4/c23-15-7-3-13(4-8-15)19-18(20(26)14-5-9-16(24)10-6-14)21(27)22(28)25(19)12-17-2-1-11-29-17/h3-10,17,19,26H,1-2,11-12H2/b20-18-. The summed E-state index contributed by atoms with van der Waals surface area (Å²) < 4.78 is 6.57. The fourth-order valence-corrected chi connectivity index (χ4v) is 4.22. The molecule has 2 aliphatic rings. The SMILES string of the molecule is O=C1C(=O)N(CC2CCCO2)C(c2ccc(Br)cc2)/C1=C(/O)c1ccc(Cl)cc1. The molecular weight excluding hydrogens is 458 g/mol.